The van der Waals surface area contributed by atoms with Crippen LogP contribution in [0, 0.1) is 0 Å². The van der Waals surface area contributed by atoms with E-state index in [0.29, 0.717) is 33.6 Å². The maximum absolute atomic E-state index is 13.4. The maximum Gasteiger partial charge on any atom is 0.302 e. The maximum atomic E-state index is 13.4. The van der Waals surface area contributed by atoms with E-state index < -0.39 is 5.60 Å². The van der Waals surface area contributed by atoms with Crippen LogP contribution in [0.5, 0.6) is 23.0 Å². The standard InChI is InChI=1S/C22H18O7/c1-22(2)6-5-10-14(29-22)9-16-18(20(10)26-4)19(24)17-11-7-12(23)15(25-3)8-13(11)27-21(17)28-16/h5-9,23H,1-4H3. The van der Waals surface area contributed by atoms with Gasteiger partial charge in [-0.1, -0.05) is 0 Å². The third-order valence-corrected chi connectivity index (χ3v) is 5.09. The van der Waals surface area contributed by atoms with Crippen molar-refractivity contribution in [3.05, 3.63) is 40.1 Å². The molecule has 0 spiro atoms. The number of rotatable bonds is 2. The van der Waals surface area contributed by atoms with Crippen LogP contribution in [0.2, 0.25) is 0 Å². The highest BCUT2D eigenvalue weighted by Gasteiger charge is 2.28. The first-order valence-corrected chi connectivity index (χ1v) is 9.02. The van der Waals surface area contributed by atoms with E-state index in [4.69, 9.17) is 23.0 Å². The lowest BCUT2D eigenvalue weighted by atomic mass is 9.99. The molecule has 148 valence electrons. The molecule has 4 aromatic rings. The molecule has 0 aliphatic carbocycles. The highest BCUT2D eigenvalue weighted by molar-refractivity contribution is 6.08. The number of phenols is 1. The van der Waals surface area contributed by atoms with E-state index in [1.807, 2.05) is 26.0 Å². The van der Waals surface area contributed by atoms with Gasteiger partial charge >= 0.3 is 5.78 Å². The molecule has 0 saturated heterocycles. The molecule has 7 nitrogen and oxygen atoms in total. The Bertz CT molecular complexity index is 1400. The molecule has 1 aliphatic rings. The molecule has 0 saturated carbocycles. The van der Waals surface area contributed by atoms with Crippen LogP contribution in [0.1, 0.15) is 19.4 Å². The van der Waals surface area contributed by atoms with Crippen LogP contribution in [0.25, 0.3) is 39.2 Å². The van der Waals surface area contributed by atoms with Crippen molar-refractivity contribution in [1.29, 1.82) is 0 Å². The number of benzene rings is 2. The zero-order chi connectivity index (χ0) is 20.5. The summed E-state index contributed by atoms with van der Waals surface area (Å²) in [6.45, 7) is 3.86. The average molecular weight is 394 g/mol. The number of aromatic hydroxyl groups is 1. The zero-order valence-corrected chi connectivity index (χ0v) is 16.3. The minimum Gasteiger partial charge on any atom is -0.504 e. The normalized spacial score (nSPS) is 14.9. The molecular formula is C22H18O7. The smallest absolute Gasteiger partial charge is 0.302 e. The van der Waals surface area contributed by atoms with Gasteiger partial charge in [-0.25, -0.2) is 0 Å². The molecule has 0 fully saturated rings. The number of fused-ring (bicyclic) bond motifs is 5. The van der Waals surface area contributed by atoms with Crippen molar-refractivity contribution < 1.29 is 28.2 Å². The predicted molar refractivity (Wildman–Crippen MR) is 108 cm³/mol. The van der Waals surface area contributed by atoms with Crippen molar-refractivity contribution in [2.24, 2.45) is 0 Å². The van der Waals surface area contributed by atoms with E-state index in [1.54, 1.807) is 6.07 Å². The van der Waals surface area contributed by atoms with Crippen molar-refractivity contribution in [2.75, 3.05) is 14.2 Å². The second-order valence-corrected chi connectivity index (χ2v) is 7.45. The number of furan rings is 1. The van der Waals surface area contributed by atoms with Gasteiger partial charge in [0, 0.05) is 17.5 Å². The predicted octanol–water partition coefficient (Wildman–Crippen LogP) is 4.60. The second kappa shape index (κ2) is 5.70. The number of phenolic OH excluding ortho intramolecular Hbond substituents is 1. The van der Waals surface area contributed by atoms with E-state index in [2.05, 4.69) is 0 Å². The Hall–Kier alpha value is -3.61. The van der Waals surface area contributed by atoms with Gasteiger partial charge in [-0.2, -0.15) is 0 Å². The fourth-order valence-corrected chi connectivity index (χ4v) is 3.74. The summed E-state index contributed by atoms with van der Waals surface area (Å²) >= 11 is 0. The van der Waals surface area contributed by atoms with Crippen LogP contribution < -0.4 is 19.6 Å². The molecule has 0 bridgehead atoms. The number of hydrogen-bond donors (Lipinski definition) is 1. The molecule has 0 radical (unpaired) electrons. The van der Waals surface area contributed by atoms with Gasteiger partial charge in [0.25, 0.3) is 0 Å². The first kappa shape index (κ1) is 17.5. The summed E-state index contributed by atoms with van der Waals surface area (Å²) in [4.78, 5) is 13.4. The molecule has 0 atom stereocenters. The molecule has 5 rings (SSSR count). The van der Waals surface area contributed by atoms with Gasteiger partial charge in [0.2, 0.25) is 5.43 Å². The minimum atomic E-state index is -0.497. The third kappa shape index (κ3) is 2.40. The Kier molecular flexibility index (Phi) is 3.44. The Morgan fingerprint density at radius 1 is 1.00 bits per heavy atom. The number of hydrogen-bond acceptors (Lipinski definition) is 7. The van der Waals surface area contributed by atoms with Crippen molar-refractivity contribution in [2.45, 2.75) is 19.4 Å². The largest absolute Gasteiger partial charge is 0.504 e. The summed E-state index contributed by atoms with van der Waals surface area (Å²) < 4.78 is 28.4. The summed E-state index contributed by atoms with van der Waals surface area (Å²) in [6, 6.07) is 4.62. The second-order valence-electron chi connectivity index (χ2n) is 7.45. The van der Waals surface area contributed by atoms with Gasteiger partial charge in [-0.15, -0.1) is 0 Å². The van der Waals surface area contributed by atoms with Crippen molar-refractivity contribution in [3.63, 3.8) is 0 Å². The summed E-state index contributed by atoms with van der Waals surface area (Å²) in [5, 5.41) is 11.1. The van der Waals surface area contributed by atoms with Gasteiger partial charge in [0.1, 0.15) is 39.0 Å². The molecule has 3 heterocycles. The first-order valence-electron chi connectivity index (χ1n) is 9.02. The molecule has 7 heteroatoms. The molecule has 1 aliphatic heterocycles. The van der Waals surface area contributed by atoms with Crippen LogP contribution in [0.15, 0.2) is 37.9 Å². The fourth-order valence-electron chi connectivity index (χ4n) is 3.74. The van der Waals surface area contributed by atoms with Gasteiger partial charge in [-0.3, -0.25) is 4.79 Å². The monoisotopic (exact) mass is 394 g/mol. The van der Waals surface area contributed by atoms with Crippen LogP contribution in [-0.2, 0) is 0 Å². The van der Waals surface area contributed by atoms with Gasteiger partial charge in [0.05, 0.1) is 19.8 Å². The fraction of sp³-hybridized carbons (Fsp3) is 0.227. The first-order chi connectivity index (χ1) is 13.8. The van der Waals surface area contributed by atoms with Crippen LogP contribution in [0.3, 0.4) is 0 Å². The topological polar surface area (TPSA) is 91.3 Å². The van der Waals surface area contributed by atoms with Crippen molar-refractivity contribution in [1.82, 2.24) is 0 Å². The van der Waals surface area contributed by atoms with Gasteiger partial charge in [-0.05, 0) is 32.1 Å². The Morgan fingerprint density at radius 2 is 1.76 bits per heavy atom. The van der Waals surface area contributed by atoms with Crippen LogP contribution >= 0.6 is 0 Å². The summed E-state index contributed by atoms with van der Waals surface area (Å²) in [5.41, 5.74) is 0.515. The van der Waals surface area contributed by atoms with Crippen LogP contribution in [-0.4, -0.2) is 24.9 Å². The Labute approximate surface area is 164 Å². The highest BCUT2D eigenvalue weighted by Crippen LogP contribution is 2.43. The number of ether oxygens (including phenoxy) is 3. The van der Waals surface area contributed by atoms with E-state index in [9.17, 15) is 9.90 Å². The lowest BCUT2D eigenvalue weighted by molar-refractivity contribution is 0.158. The average Bonchev–Trinajstić information content (AvgIpc) is 3.02. The lowest BCUT2D eigenvalue weighted by Gasteiger charge is -2.28. The van der Waals surface area contributed by atoms with Gasteiger partial charge < -0.3 is 28.2 Å². The molecule has 0 amide bonds. The molecule has 2 aromatic carbocycles. The summed E-state index contributed by atoms with van der Waals surface area (Å²) in [6.07, 6.45) is 3.78. The zero-order valence-electron chi connectivity index (χ0n) is 16.3. The summed E-state index contributed by atoms with van der Waals surface area (Å²) in [5.74, 6) is 1.12. The highest BCUT2D eigenvalue weighted by atomic mass is 16.5. The Morgan fingerprint density at radius 3 is 2.48 bits per heavy atom. The van der Waals surface area contributed by atoms with Crippen molar-refractivity contribution >= 4 is 39.2 Å². The molecule has 0 unspecified atom stereocenters. The van der Waals surface area contributed by atoms with E-state index in [-0.39, 0.29) is 33.5 Å². The van der Waals surface area contributed by atoms with E-state index in [1.165, 1.54) is 26.4 Å². The SMILES string of the molecule is COc1cc2oc3oc4cc5c(c(OC)c4c(=O)c3c2cc1O)C=CC(C)(C)O5. The molecular weight excluding hydrogens is 376 g/mol. The minimum absolute atomic E-state index is 0.0535. The van der Waals surface area contributed by atoms with Crippen molar-refractivity contribution in [3.8, 4) is 23.0 Å². The van der Waals surface area contributed by atoms with E-state index >= 15 is 0 Å². The molecule has 29 heavy (non-hydrogen) atoms. The van der Waals surface area contributed by atoms with Gasteiger partial charge in [0.15, 0.2) is 11.5 Å². The molecule has 2 aromatic heterocycles. The Balaban J connectivity index is 1.93. The third-order valence-electron chi connectivity index (χ3n) is 5.09. The lowest BCUT2D eigenvalue weighted by Crippen LogP contribution is -2.27. The molecule has 1 N–H and O–H groups in total. The quantitative estimate of drug-likeness (QED) is 0.531. The van der Waals surface area contributed by atoms with Crippen LogP contribution in [0.4, 0.5) is 0 Å². The number of methoxy groups -OCH3 is 2. The van der Waals surface area contributed by atoms with E-state index in [0.717, 1.165) is 0 Å². The summed E-state index contributed by atoms with van der Waals surface area (Å²) in [7, 11) is 2.93.